The predicted octanol–water partition coefficient (Wildman–Crippen LogP) is 2.47. The molecule has 2 rings (SSSR count). The molecule has 108 valence electrons. The first kappa shape index (κ1) is 15.7. The van der Waals surface area contributed by atoms with Crippen LogP contribution in [0.1, 0.15) is 18.7 Å². The van der Waals surface area contributed by atoms with Gasteiger partial charge >= 0.3 is 0 Å². The fourth-order valence-corrected chi connectivity index (χ4v) is 4.23. The molecule has 1 saturated heterocycles. The second-order valence-corrected chi connectivity index (χ2v) is 8.22. The standard InChI is InChI=1S/C14H24IN3S/c1-3-17-6-8-18(9-7-17)12(2)10-16-11-13-4-5-14(15)19-13/h4-5,12,16H,3,6-11H2,1-2H3. The molecule has 3 nitrogen and oxygen atoms in total. The molecule has 0 spiro atoms. The smallest absolute Gasteiger partial charge is 0.0656 e. The van der Waals surface area contributed by atoms with E-state index in [1.807, 2.05) is 11.3 Å². The SMILES string of the molecule is CCN1CCN(C(C)CNCc2ccc(I)s2)CC1. The average Bonchev–Trinajstić information content (AvgIpc) is 2.84. The lowest BCUT2D eigenvalue weighted by Gasteiger charge is -2.37. The Bertz CT molecular complexity index is 375. The van der Waals surface area contributed by atoms with Crippen LogP contribution in [0.15, 0.2) is 12.1 Å². The summed E-state index contributed by atoms with van der Waals surface area (Å²) in [5.41, 5.74) is 0. The fourth-order valence-electron chi connectivity index (χ4n) is 2.50. The van der Waals surface area contributed by atoms with Crippen molar-refractivity contribution in [2.24, 2.45) is 0 Å². The van der Waals surface area contributed by atoms with Crippen molar-refractivity contribution < 1.29 is 0 Å². The maximum atomic E-state index is 3.59. The van der Waals surface area contributed by atoms with E-state index in [1.165, 1.54) is 40.5 Å². The summed E-state index contributed by atoms with van der Waals surface area (Å²) >= 11 is 4.27. The summed E-state index contributed by atoms with van der Waals surface area (Å²) < 4.78 is 1.37. The van der Waals surface area contributed by atoms with Crippen molar-refractivity contribution in [2.45, 2.75) is 26.4 Å². The average molecular weight is 393 g/mol. The van der Waals surface area contributed by atoms with E-state index in [0.717, 1.165) is 13.1 Å². The van der Waals surface area contributed by atoms with Crippen LogP contribution in [0.5, 0.6) is 0 Å². The van der Waals surface area contributed by atoms with E-state index < -0.39 is 0 Å². The first-order valence-corrected chi connectivity index (χ1v) is 9.00. The van der Waals surface area contributed by atoms with Gasteiger partial charge in [0.2, 0.25) is 0 Å². The van der Waals surface area contributed by atoms with Gasteiger partial charge in [0.25, 0.3) is 0 Å². The first-order valence-electron chi connectivity index (χ1n) is 7.10. The normalized spacial score (nSPS) is 19.7. The lowest BCUT2D eigenvalue weighted by atomic mass is 10.2. The predicted molar refractivity (Wildman–Crippen MR) is 91.9 cm³/mol. The highest BCUT2D eigenvalue weighted by Crippen LogP contribution is 2.17. The van der Waals surface area contributed by atoms with Crippen molar-refractivity contribution in [2.75, 3.05) is 39.3 Å². The summed E-state index contributed by atoms with van der Waals surface area (Å²) in [6.07, 6.45) is 0. The van der Waals surface area contributed by atoms with E-state index in [-0.39, 0.29) is 0 Å². The molecule has 0 amide bonds. The molecule has 1 aromatic rings. The first-order chi connectivity index (χ1) is 9.19. The Labute approximate surface area is 134 Å². The van der Waals surface area contributed by atoms with Crippen LogP contribution in [0.2, 0.25) is 0 Å². The molecule has 5 heteroatoms. The van der Waals surface area contributed by atoms with Crippen LogP contribution in [0.3, 0.4) is 0 Å². The lowest BCUT2D eigenvalue weighted by molar-refractivity contribution is 0.105. The van der Waals surface area contributed by atoms with Crippen molar-refractivity contribution in [3.05, 3.63) is 19.9 Å². The number of piperazine rings is 1. The molecule has 0 saturated carbocycles. The highest BCUT2D eigenvalue weighted by molar-refractivity contribution is 14.1. The zero-order valence-corrected chi connectivity index (χ0v) is 14.8. The summed E-state index contributed by atoms with van der Waals surface area (Å²) in [5, 5.41) is 3.59. The molecule has 0 aliphatic carbocycles. The Hall–Kier alpha value is 0.310. The van der Waals surface area contributed by atoms with Crippen molar-refractivity contribution in [1.29, 1.82) is 0 Å². The van der Waals surface area contributed by atoms with Crippen LogP contribution in [0.4, 0.5) is 0 Å². The molecule has 1 unspecified atom stereocenters. The number of nitrogens with one attached hydrogen (secondary N) is 1. The van der Waals surface area contributed by atoms with Gasteiger partial charge in [-0.05, 0) is 48.2 Å². The molecule has 1 aromatic heterocycles. The molecule has 0 radical (unpaired) electrons. The van der Waals surface area contributed by atoms with Crippen molar-refractivity contribution in [1.82, 2.24) is 15.1 Å². The van der Waals surface area contributed by atoms with E-state index in [9.17, 15) is 0 Å². The van der Waals surface area contributed by atoms with Crippen LogP contribution in [0.25, 0.3) is 0 Å². The molecule has 1 atom stereocenters. The van der Waals surface area contributed by atoms with E-state index in [0.29, 0.717) is 6.04 Å². The minimum atomic E-state index is 0.637. The van der Waals surface area contributed by atoms with Gasteiger partial charge in [-0.2, -0.15) is 0 Å². The van der Waals surface area contributed by atoms with Gasteiger partial charge in [-0.3, -0.25) is 4.90 Å². The number of hydrogen-bond donors (Lipinski definition) is 1. The molecule has 1 fully saturated rings. The molecule has 2 heterocycles. The minimum Gasteiger partial charge on any atom is -0.310 e. The van der Waals surface area contributed by atoms with Crippen LogP contribution >= 0.6 is 33.9 Å². The number of rotatable bonds is 6. The monoisotopic (exact) mass is 393 g/mol. The van der Waals surface area contributed by atoms with Gasteiger partial charge < -0.3 is 10.2 Å². The summed E-state index contributed by atoms with van der Waals surface area (Å²) in [7, 11) is 0. The highest BCUT2D eigenvalue weighted by atomic mass is 127. The Kier molecular flexibility index (Phi) is 6.55. The third-order valence-corrected chi connectivity index (χ3v) is 5.74. The summed E-state index contributed by atoms with van der Waals surface area (Å²) in [4.78, 5) is 6.58. The quantitative estimate of drug-likeness (QED) is 0.750. The maximum Gasteiger partial charge on any atom is 0.0656 e. The topological polar surface area (TPSA) is 18.5 Å². The molecule has 19 heavy (non-hydrogen) atoms. The minimum absolute atomic E-state index is 0.637. The lowest BCUT2D eigenvalue weighted by Crippen LogP contribution is -2.51. The Morgan fingerprint density at radius 1 is 1.32 bits per heavy atom. The molecule has 1 aliphatic rings. The Morgan fingerprint density at radius 3 is 2.63 bits per heavy atom. The third-order valence-electron chi connectivity index (χ3n) is 3.85. The van der Waals surface area contributed by atoms with Gasteiger partial charge in [0, 0.05) is 50.2 Å². The van der Waals surface area contributed by atoms with Crippen LogP contribution < -0.4 is 5.32 Å². The third kappa shape index (κ3) is 4.97. The number of hydrogen-bond acceptors (Lipinski definition) is 4. The van der Waals surface area contributed by atoms with Crippen LogP contribution in [-0.2, 0) is 6.54 Å². The number of thiophene rings is 1. The van der Waals surface area contributed by atoms with Crippen LogP contribution in [0, 0.1) is 2.88 Å². The van der Waals surface area contributed by atoms with Gasteiger partial charge in [-0.15, -0.1) is 11.3 Å². The second kappa shape index (κ2) is 7.93. The van der Waals surface area contributed by atoms with E-state index >= 15 is 0 Å². The maximum absolute atomic E-state index is 3.59. The summed E-state index contributed by atoms with van der Waals surface area (Å²) in [6, 6.07) is 5.05. The second-order valence-electron chi connectivity index (χ2n) is 5.16. The fraction of sp³-hybridized carbons (Fsp3) is 0.714. The number of likely N-dealkylation sites (N-methyl/N-ethyl adjacent to an activating group) is 1. The number of nitrogens with zero attached hydrogens (tertiary/aromatic N) is 2. The summed E-state index contributed by atoms with van der Waals surface area (Å²) in [5.74, 6) is 0. The Morgan fingerprint density at radius 2 is 2.05 bits per heavy atom. The van der Waals surface area contributed by atoms with Crippen LogP contribution in [-0.4, -0.2) is 55.1 Å². The molecule has 1 N–H and O–H groups in total. The van der Waals surface area contributed by atoms with Gasteiger partial charge in [0.15, 0.2) is 0 Å². The van der Waals surface area contributed by atoms with E-state index in [4.69, 9.17) is 0 Å². The highest BCUT2D eigenvalue weighted by Gasteiger charge is 2.19. The van der Waals surface area contributed by atoms with Gasteiger partial charge in [-0.25, -0.2) is 0 Å². The van der Waals surface area contributed by atoms with E-state index in [1.54, 1.807) is 0 Å². The number of halogens is 1. The molecule has 0 aromatic carbocycles. The largest absolute Gasteiger partial charge is 0.310 e. The van der Waals surface area contributed by atoms with E-state index in [2.05, 4.69) is 63.7 Å². The zero-order valence-electron chi connectivity index (χ0n) is 11.9. The zero-order chi connectivity index (χ0) is 13.7. The molecular formula is C14H24IN3S. The summed E-state index contributed by atoms with van der Waals surface area (Å²) in [6.45, 7) is 12.8. The van der Waals surface area contributed by atoms with Gasteiger partial charge in [0.05, 0.1) is 2.88 Å². The van der Waals surface area contributed by atoms with Gasteiger partial charge in [0.1, 0.15) is 0 Å². The molecule has 1 aliphatic heterocycles. The van der Waals surface area contributed by atoms with Crippen molar-refractivity contribution >= 4 is 33.9 Å². The Balaban J connectivity index is 1.65. The molecular weight excluding hydrogens is 369 g/mol. The molecule has 0 bridgehead atoms. The van der Waals surface area contributed by atoms with Crippen molar-refractivity contribution in [3.63, 3.8) is 0 Å². The van der Waals surface area contributed by atoms with Crippen molar-refractivity contribution in [3.8, 4) is 0 Å². The van der Waals surface area contributed by atoms with Gasteiger partial charge in [-0.1, -0.05) is 6.92 Å².